The number of hydrogen-bond donors (Lipinski definition) is 1. The number of rotatable bonds is 3. The number of carbonyl (C=O) groups is 1. The number of H-pyrrole nitrogens is 1. The Morgan fingerprint density at radius 2 is 2.07 bits per heavy atom. The van der Waals surface area contributed by atoms with Gasteiger partial charge in [0.05, 0.1) is 11.7 Å². The highest BCUT2D eigenvalue weighted by molar-refractivity contribution is 5.75. The highest BCUT2D eigenvalue weighted by Gasteiger charge is 2.49. The van der Waals surface area contributed by atoms with Gasteiger partial charge >= 0.3 is 6.03 Å². The number of hydrogen-bond acceptors (Lipinski definition) is 4. The molecule has 3 heterocycles. The summed E-state index contributed by atoms with van der Waals surface area (Å²) in [5.74, 6) is 0.826. The van der Waals surface area contributed by atoms with Gasteiger partial charge in [0, 0.05) is 52.3 Å². The molecule has 1 aromatic heterocycles. The van der Waals surface area contributed by atoms with Crippen molar-refractivity contribution in [3.63, 3.8) is 0 Å². The minimum atomic E-state index is -0.291. The molecule has 0 spiro atoms. The van der Waals surface area contributed by atoms with Gasteiger partial charge in [0.25, 0.3) is 5.56 Å². The van der Waals surface area contributed by atoms with Crippen LogP contribution in [0.2, 0.25) is 0 Å². The first-order valence-electron chi connectivity index (χ1n) is 9.84. The van der Waals surface area contributed by atoms with Crippen molar-refractivity contribution < 1.29 is 9.18 Å². The molecule has 2 aromatic rings. The van der Waals surface area contributed by atoms with Crippen molar-refractivity contribution in [3.8, 4) is 0 Å². The third-order valence-corrected chi connectivity index (χ3v) is 5.86. The highest BCUT2D eigenvalue weighted by atomic mass is 19.1. The van der Waals surface area contributed by atoms with Crippen LogP contribution in [0.3, 0.4) is 0 Å². The lowest BCUT2D eigenvalue weighted by Gasteiger charge is -2.31. The third-order valence-electron chi connectivity index (χ3n) is 5.86. The number of nitrogens with one attached hydrogen (secondary N) is 1. The fraction of sp³-hybridized carbons (Fsp3) is 0.476. The Morgan fingerprint density at radius 3 is 2.76 bits per heavy atom. The van der Waals surface area contributed by atoms with Gasteiger partial charge < -0.3 is 14.8 Å². The molecule has 8 heteroatoms. The van der Waals surface area contributed by atoms with Crippen molar-refractivity contribution in [2.24, 2.45) is 11.8 Å². The Labute approximate surface area is 169 Å². The topological polar surface area (TPSA) is 72.5 Å². The first-order chi connectivity index (χ1) is 13.8. The van der Waals surface area contributed by atoms with Crippen molar-refractivity contribution in [3.05, 3.63) is 63.6 Å². The largest absolute Gasteiger partial charge is 0.331 e. The quantitative estimate of drug-likeness (QED) is 0.857. The van der Waals surface area contributed by atoms with E-state index in [9.17, 15) is 14.0 Å². The van der Waals surface area contributed by atoms with E-state index in [-0.39, 0.29) is 29.4 Å². The number of aryl methyl sites for hydroxylation is 1. The van der Waals surface area contributed by atoms with Crippen molar-refractivity contribution in [1.82, 2.24) is 24.7 Å². The van der Waals surface area contributed by atoms with Crippen LogP contribution in [0.4, 0.5) is 9.18 Å². The molecule has 2 fully saturated rings. The van der Waals surface area contributed by atoms with E-state index < -0.39 is 0 Å². The smallest absolute Gasteiger partial charge is 0.320 e. The van der Waals surface area contributed by atoms with Crippen LogP contribution < -0.4 is 5.56 Å². The van der Waals surface area contributed by atoms with Gasteiger partial charge in [-0.15, -0.1) is 0 Å². The maximum absolute atomic E-state index is 13.9. The highest BCUT2D eigenvalue weighted by Crippen LogP contribution is 2.45. The van der Waals surface area contributed by atoms with Crippen LogP contribution in [0.1, 0.15) is 23.1 Å². The van der Waals surface area contributed by atoms with Crippen LogP contribution in [0.25, 0.3) is 0 Å². The first kappa shape index (κ1) is 19.6. The zero-order valence-corrected chi connectivity index (χ0v) is 16.9. The molecule has 0 radical (unpaired) electrons. The molecule has 2 saturated heterocycles. The molecule has 3 atom stereocenters. The molecule has 7 nitrogen and oxygen atoms in total. The Morgan fingerprint density at radius 1 is 1.28 bits per heavy atom. The number of likely N-dealkylation sites (tertiary alicyclic amines) is 2. The molecule has 29 heavy (non-hydrogen) atoms. The van der Waals surface area contributed by atoms with Crippen molar-refractivity contribution in [2.45, 2.75) is 19.5 Å². The van der Waals surface area contributed by atoms with Gasteiger partial charge in [-0.3, -0.25) is 9.69 Å². The van der Waals surface area contributed by atoms with E-state index in [0.717, 1.165) is 24.3 Å². The minimum absolute atomic E-state index is 0.0490. The van der Waals surface area contributed by atoms with Gasteiger partial charge in [0.2, 0.25) is 0 Å². The fourth-order valence-electron chi connectivity index (χ4n) is 4.79. The molecule has 1 N–H and O–H groups in total. The second kappa shape index (κ2) is 7.59. The SMILES string of the molecule is Cc1nc(CN2C[C@@H]3CN(C(=O)N(C)C)[C@H](c4cccc(F)c4)[C@@H]3C2)cc(=O)[nH]1. The summed E-state index contributed by atoms with van der Waals surface area (Å²) in [5.41, 5.74) is 1.43. The maximum atomic E-state index is 13.9. The maximum Gasteiger partial charge on any atom is 0.320 e. The average molecular weight is 399 g/mol. The van der Waals surface area contributed by atoms with Crippen LogP contribution in [-0.4, -0.2) is 64.4 Å². The molecular weight excluding hydrogens is 373 g/mol. The summed E-state index contributed by atoms with van der Waals surface area (Å²) >= 11 is 0. The van der Waals surface area contributed by atoms with E-state index >= 15 is 0 Å². The second-order valence-corrected chi connectivity index (χ2v) is 8.27. The van der Waals surface area contributed by atoms with Crippen LogP contribution in [0, 0.1) is 24.6 Å². The molecule has 2 aliphatic heterocycles. The van der Waals surface area contributed by atoms with Crippen molar-refractivity contribution in [1.29, 1.82) is 0 Å². The zero-order valence-electron chi connectivity index (χ0n) is 16.9. The van der Waals surface area contributed by atoms with Gasteiger partial charge in [0.1, 0.15) is 11.6 Å². The monoisotopic (exact) mass is 399 g/mol. The Bertz CT molecular complexity index is 976. The van der Waals surface area contributed by atoms with E-state index in [1.54, 1.807) is 32.0 Å². The van der Waals surface area contributed by atoms with E-state index in [1.807, 2.05) is 11.0 Å². The number of urea groups is 1. The number of benzene rings is 1. The second-order valence-electron chi connectivity index (χ2n) is 8.27. The molecular formula is C21H26FN5O2. The lowest BCUT2D eigenvalue weighted by molar-refractivity contribution is 0.151. The van der Waals surface area contributed by atoms with Gasteiger partial charge in [-0.2, -0.15) is 0 Å². The van der Waals surface area contributed by atoms with Gasteiger partial charge in [0.15, 0.2) is 0 Å². The predicted octanol–water partition coefficient (Wildman–Crippen LogP) is 2.00. The molecule has 0 bridgehead atoms. The average Bonchev–Trinajstić information content (AvgIpc) is 3.16. The van der Waals surface area contributed by atoms with Crippen molar-refractivity contribution in [2.75, 3.05) is 33.7 Å². The Hall–Kier alpha value is -2.74. The number of aromatic amines is 1. The fourth-order valence-corrected chi connectivity index (χ4v) is 4.79. The number of halogens is 1. The zero-order chi connectivity index (χ0) is 20.7. The van der Waals surface area contributed by atoms with Crippen LogP contribution >= 0.6 is 0 Å². The lowest BCUT2D eigenvalue weighted by Crippen LogP contribution is -2.41. The van der Waals surface area contributed by atoms with E-state index in [2.05, 4.69) is 14.9 Å². The Balaban J connectivity index is 1.58. The number of carbonyl (C=O) groups excluding carboxylic acids is 1. The first-order valence-corrected chi connectivity index (χ1v) is 9.84. The lowest BCUT2D eigenvalue weighted by atomic mass is 9.89. The Kier molecular flexibility index (Phi) is 5.12. The number of nitrogens with zero attached hydrogens (tertiary/aromatic N) is 4. The molecule has 1 aromatic carbocycles. The van der Waals surface area contributed by atoms with Gasteiger partial charge in [-0.25, -0.2) is 14.2 Å². The molecule has 2 aliphatic rings. The van der Waals surface area contributed by atoms with E-state index in [0.29, 0.717) is 24.8 Å². The minimum Gasteiger partial charge on any atom is -0.331 e. The summed E-state index contributed by atoms with van der Waals surface area (Å²) in [4.78, 5) is 37.3. The van der Waals surface area contributed by atoms with Crippen LogP contribution in [0.15, 0.2) is 35.1 Å². The summed E-state index contributed by atoms with van der Waals surface area (Å²) < 4.78 is 13.9. The molecule has 0 unspecified atom stereocenters. The molecule has 2 amide bonds. The van der Waals surface area contributed by atoms with E-state index in [1.165, 1.54) is 18.2 Å². The summed E-state index contributed by atoms with van der Waals surface area (Å²) in [5, 5.41) is 0. The standard InChI is InChI=1S/C21H26FN5O2/c1-13-23-17(8-19(28)24-13)11-26-9-15-10-27(21(29)25(2)3)20(18(15)12-26)14-5-4-6-16(22)7-14/h4-8,15,18,20H,9-12H2,1-3H3,(H,23,24,28)/t15-,18-,20-/m1/s1. The van der Waals surface area contributed by atoms with Crippen LogP contribution in [0.5, 0.6) is 0 Å². The molecule has 0 aliphatic carbocycles. The van der Waals surface area contributed by atoms with Gasteiger partial charge in [-0.1, -0.05) is 12.1 Å². The third kappa shape index (κ3) is 3.89. The summed E-state index contributed by atoms with van der Waals surface area (Å²) in [6, 6.07) is 7.88. The van der Waals surface area contributed by atoms with Gasteiger partial charge in [-0.05, 0) is 30.5 Å². The number of amides is 2. The van der Waals surface area contributed by atoms with Crippen molar-refractivity contribution >= 4 is 6.03 Å². The summed E-state index contributed by atoms with van der Waals surface area (Å²) in [7, 11) is 3.48. The normalized spacial score (nSPS) is 24.0. The molecule has 4 rings (SSSR count). The number of fused-ring (bicyclic) bond motifs is 1. The van der Waals surface area contributed by atoms with E-state index in [4.69, 9.17) is 0 Å². The molecule has 0 saturated carbocycles. The van der Waals surface area contributed by atoms with Crippen LogP contribution in [-0.2, 0) is 6.54 Å². The molecule has 154 valence electrons. The summed E-state index contributed by atoms with van der Waals surface area (Å²) in [6.07, 6.45) is 0. The predicted molar refractivity (Wildman–Crippen MR) is 107 cm³/mol. The number of aromatic nitrogens is 2. The summed E-state index contributed by atoms with van der Waals surface area (Å²) in [6.45, 7) is 4.60.